The number of nitrogens with zero attached hydrogens (tertiary/aromatic N) is 3. The Morgan fingerprint density at radius 1 is 1.22 bits per heavy atom. The second kappa shape index (κ2) is 9.60. The Morgan fingerprint density at radius 3 is 2.56 bits per heavy atom. The number of carbonyl (C=O) groups excluding carboxylic acids is 1. The molecule has 0 radical (unpaired) electrons. The van der Waals surface area contributed by atoms with Crippen molar-refractivity contribution in [3.8, 4) is 0 Å². The minimum atomic E-state index is -5.08. The molecule has 0 bridgehead atoms. The maximum Gasteiger partial charge on any atom is 0.490 e. The number of aliphatic carboxylic acids is 1. The molecule has 2 aromatic heterocycles. The minimum absolute atomic E-state index is 0.0347. The van der Waals surface area contributed by atoms with E-state index in [9.17, 15) is 18.0 Å². The normalized spacial score (nSPS) is 21.1. The lowest BCUT2D eigenvalue weighted by Crippen LogP contribution is -2.60. The highest BCUT2D eigenvalue weighted by Crippen LogP contribution is 2.32. The first-order valence-corrected chi connectivity index (χ1v) is 10.0. The van der Waals surface area contributed by atoms with Gasteiger partial charge in [-0.3, -0.25) is 9.78 Å². The fourth-order valence-corrected chi connectivity index (χ4v) is 3.90. The van der Waals surface area contributed by atoms with Gasteiger partial charge in [-0.1, -0.05) is 0 Å². The van der Waals surface area contributed by atoms with E-state index in [2.05, 4.69) is 16.0 Å². The van der Waals surface area contributed by atoms with Gasteiger partial charge in [0.15, 0.2) is 0 Å². The van der Waals surface area contributed by atoms with Gasteiger partial charge in [0.05, 0.1) is 36.9 Å². The molecular formula is C21H24F3N3O5. The summed E-state index contributed by atoms with van der Waals surface area (Å²) >= 11 is 0. The number of pyridine rings is 1. The summed E-state index contributed by atoms with van der Waals surface area (Å²) in [7, 11) is 0. The quantitative estimate of drug-likeness (QED) is 0.743. The molecular weight excluding hydrogens is 431 g/mol. The molecule has 1 N–H and O–H groups in total. The van der Waals surface area contributed by atoms with Crippen molar-refractivity contribution >= 4 is 17.6 Å². The second-order valence-corrected chi connectivity index (χ2v) is 7.69. The third-order valence-corrected chi connectivity index (χ3v) is 5.42. The van der Waals surface area contributed by atoms with Gasteiger partial charge in [-0.15, -0.1) is 0 Å². The van der Waals surface area contributed by atoms with E-state index in [1.807, 2.05) is 24.1 Å². The van der Waals surface area contributed by atoms with Gasteiger partial charge in [0.25, 0.3) is 5.91 Å². The Bertz CT molecular complexity index is 930. The van der Waals surface area contributed by atoms with Crippen molar-refractivity contribution in [1.29, 1.82) is 0 Å². The zero-order valence-electron chi connectivity index (χ0n) is 17.5. The van der Waals surface area contributed by atoms with Crippen LogP contribution in [-0.4, -0.2) is 71.4 Å². The van der Waals surface area contributed by atoms with Gasteiger partial charge < -0.3 is 24.1 Å². The first kappa shape index (κ1) is 23.6. The number of alkyl halides is 3. The fraction of sp³-hybridized carbons (Fsp3) is 0.476. The highest BCUT2D eigenvalue weighted by atomic mass is 19.4. The average molecular weight is 455 g/mol. The number of furan rings is 1. The van der Waals surface area contributed by atoms with Gasteiger partial charge in [0, 0.05) is 25.8 Å². The van der Waals surface area contributed by atoms with Crippen LogP contribution < -0.4 is 4.90 Å². The molecule has 2 saturated heterocycles. The Kier molecular flexibility index (Phi) is 7.07. The predicted molar refractivity (Wildman–Crippen MR) is 107 cm³/mol. The van der Waals surface area contributed by atoms with Gasteiger partial charge in [-0.05, 0) is 38.0 Å². The zero-order valence-corrected chi connectivity index (χ0v) is 17.5. The number of morpholine rings is 1. The van der Waals surface area contributed by atoms with E-state index in [0.29, 0.717) is 31.0 Å². The SMILES string of the molecule is Cc1occc1C(=O)N1CCOC2(CCCN(c3cccnc3)C2)C1.O=C(O)C(F)(F)F. The number of amides is 1. The van der Waals surface area contributed by atoms with E-state index in [1.54, 1.807) is 18.5 Å². The van der Waals surface area contributed by atoms with Crippen LogP contribution in [0.25, 0.3) is 0 Å². The molecule has 8 nitrogen and oxygen atoms in total. The third-order valence-electron chi connectivity index (χ3n) is 5.42. The van der Waals surface area contributed by atoms with Crippen LogP contribution in [0.5, 0.6) is 0 Å². The largest absolute Gasteiger partial charge is 0.490 e. The zero-order chi connectivity index (χ0) is 23.4. The smallest absolute Gasteiger partial charge is 0.475 e. The van der Waals surface area contributed by atoms with Crippen molar-refractivity contribution in [1.82, 2.24) is 9.88 Å². The highest BCUT2D eigenvalue weighted by molar-refractivity contribution is 5.95. The number of aryl methyl sites for hydroxylation is 1. The molecule has 2 aromatic rings. The topological polar surface area (TPSA) is 96.1 Å². The van der Waals surface area contributed by atoms with Gasteiger partial charge >= 0.3 is 12.1 Å². The van der Waals surface area contributed by atoms with Crippen LogP contribution in [0.15, 0.2) is 41.3 Å². The Morgan fingerprint density at radius 2 is 1.97 bits per heavy atom. The standard InChI is InChI=1S/C19H23N3O3.C2HF3O2/c1-15-17(5-10-24-15)18(23)22-9-11-25-19(14-22)6-3-8-21(13-19)16-4-2-7-20-12-16;3-2(4,5)1(6)7/h2,4-5,7,10,12H,3,6,8-9,11,13-14H2,1H3;(H,6,7). The Hall–Kier alpha value is -3.08. The van der Waals surface area contributed by atoms with E-state index >= 15 is 0 Å². The summed E-state index contributed by atoms with van der Waals surface area (Å²) in [6.45, 7) is 5.42. The molecule has 1 spiro atoms. The molecule has 4 heterocycles. The molecule has 0 aliphatic carbocycles. The number of piperidine rings is 1. The fourth-order valence-electron chi connectivity index (χ4n) is 3.90. The molecule has 1 unspecified atom stereocenters. The van der Waals surface area contributed by atoms with Crippen molar-refractivity contribution in [2.75, 3.05) is 37.7 Å². The van der Waals surface area contributed by atoms with Crippen LogP contribution in [0.4, 0.5) is 18.9 Å². The van der Waals surface area contributed by atoms with Crippen LogP contribution >= 0.6 is 0 Å². The molecule has 0 saturated carbocycles. The van der Waals surface area contributed by atoms with Gasteiger partial charge in [0.2, 0.25) is 0 Å². The number of carboxylic acids is 1. The monoisotopic (exact) mass is 455 g/mol. The first-order chi connectivity index (χ1) is 15.1. The molecule has 1 amide bonds. The molecule has 4 rings (SSSR count). The molecule has 32 heavy (non-hydrogen) atoms. The molecule has 0 aromatic carbocycles. The summed E-state index contributed by atoms with van der Waals surface area (Å²) < 4.78 is 43.2. The predicted octanol–water partition coefficient (Wildman–Crippen LogP) is 3.13. The molecule has 1 atom stereocenters. The lowest BCUT2D eigenvalue weighted by molar-refractivity contribution is -0.192. The number of anilines is 1. The maximum atomic E-state index is 12.8. The van der Waals surface area contributed by atoms with Gasteiger partial charge in [-0.2, -0.15) is 13.2 Å². The molecule has 2 aliphatic rings. The first-order valence-electron chi connectivity index (χ1n) is 10.0. The summed E-state index contributed by atoms with van der Waals surface area (Å²) in [6.07, 6.45) is 2.18. The summed E-state index contributed by atoms with van der Waals surface area (Å²) in [4.78, 5) is 30.2. The van der Waals surface area contributed by atoms with Crippen molar-refractivity contribution in [3.63, 3.8) is 0 Å². The lowest BCUT2D eigenvalue weighted by Gasteiger charge is -2.48. The number of rotatable bonds is 2. The van der Waals surface area contributed by atoms with Crippen molar-refractivity contribution in [3.05, 3.63) is 48.2 Å². The molecule has 2 aliphatic heterocycles. The number of carboxylic acid groups (broad SMARTS) is 1. The van der Waals surface area contributed by atoms with E-state index in [4.69, 9.17) is 19.1 Å². The van der Waals surface area contributed by atoms with Crippen molar-refractivity contribution < 1.29 is 37.0 Å². The summed E-state index contributed by atoms with van der Waals surface area (Å²) in [6, 6.07) is 5.78. The number of halogens is 3. The Labute approximate surface area is 182 Å². The summed E-state index contributed by atoms with van der Waals surface area (Å²) in [5.74, 6) is -2.05. The summed E-state index contributed by atoms with van der Waals surface area (Å²) in [5, 5.41) is 7.12. The lowest BCUT2D eigenvalue weighted by atomic mass is 9.90. The molecule has 2 fully saturated rings. The minimum Gasteiger partial charge on any atom is -0.475 e. The van der Waals surface area contributed by atoms with E-state index in [0.717, 1.165) is 31.6 Å². The van der Waals surface area contributed by atoms with Crippen LogP contribution in [0.1, 0.15) is 29.0 Å². The summed E-state index contributed by atoms with van der Waals surface area (Å²) in [5.41, 5.74) is 1.45. The number of aromatic nitrogens is 1. The van der Waals surface area contributed by atoms with Crippen molar-refractivity contribution in [2.24, 2.45) is 0 Å². The number of hydrogen-bond donors (Lipinski definition) is 1. The van der Waals surface area contributed by atoms with Crippen LogP contribution in [0.3, 0.4) is 0 Å². The van der Waals surface area contributed by atoms with E-state index < -0.39 is 12.1 Å². The van der Waals surface area contributed by atoms with Crippen LogP contribution in [0, 0.1) is 6.92 Å². The third kappa shape index (κ3) is 5.58. The Balaban J connectivity index is 0.000000360. The average Bonchev–Trinajstić information content (AvgIpc) is 3.19. The number of hydrogen-bond acceptors (Lipinski definition) is 6. The van der Waals surface area contributed by atoms with Gasteiger partial charge in [0.1, 0.15) is 11.4 Å². The van der Waals surface area contributed by atoms with Crippen LogP contribution in [-0.2, 0) is 9.53 Å². The second-order valence-electron chi connectivity index (χ2n) is 7.69. The van der Waals surface area contributed by atoms with E-state index in [-0.39, 0.29) is 11.5 Å². The number of ether oxygens (including phenoxy) is 1. The van der Waals surface area contributed by atoms with E-state index in [1.165, 1.54) is 0 Å². The van der Waals surface area contributed by atoms with Crippen LogP contribution in [0.2, 0.25) is 0 Å². The number of carbonyl (C=O) groups is 2. The molecule has 11 heteroatoms. The maximum absolute atomic E-state index is 12.8. The van der Waals surface area contributed by atoms with Gasteiger partial charge in [-0.25, -0.2) is 4.79 Å². The highest BCUT2D eigenvalue weighted by Gasteiger charge is 2.42. The van der Waals surface area contributed by atoms with Crippen molar-refractivity contribution in [2.45, 2.75) is 31.5 Å². The molecule has 174 valence electrons.